The molecule has 2 atom stereocenters. The van der Waals surface area contributed by atoms with Gasteiger partial charge in [0.25, 0.3) is 0 Å². The third-order valence-electron chi connectivity index (χ3n) is 3.25. The van der Waals surface area contributed by atoms with Crippen molar-refractivity contribution in [2.45, 2.75) is 12.3 Å². The van der Waals surface area contributed by atoms with Crippen LogP contribution in [0.2, 0.25) is 0 Å². The third-order valence-corrected chi connectivity index (χ3v) is 3.65. The second-order valence-corrected chi connectivity index (χ2v) is 4.49. The highest BCUT2D eigenvalue weighted by atomic mass is 35.5. The number of methoxy groups -OCH3 is 3. The lowest BCUT2D eigenvalue weighted by atomic mass is 10.1. The molecule has 0 radical (unpaired) electrons. The topological polar surface area (TPSA) is 27.7 Å². The largest absolute Gasteiger partial charge is 0.493 e. The maximum atomic E-state index is 5.87. The van der Waals surface area contributed by atoms with Crippen LogP contribution in [0.15, 0.2) is 12.1 Å². The molecule has 0 N–H and O–H groups in total. The number of alkyl halides is 1. The molecule has 1 aliphatic carbocycles. The van der Waals surface area contributed by atoms with Crippen LogP contribution in [0, 0.1) is 5.92 Å². The Morgan fingerprint density at radius 1 is 1.12 bits per heavy atom. The van der Waals surface area contributed by atoms with E-state index in [1.165, 1.54) is 0 Å². The van der Waals surface area contributed by atoms with Crippen molar-refractivity contribution in [1.82, 2.24) is 0 Å². The number of hydrogen-bond acceptors (Lipinski definition) is 3. The maximum Gasteiger partial charge on any atom is 0.203 e. The molecule has 1 saturated carbocycles. The lowest BCUT2D eigenvalue weighted by molar-refractivity contribution is 0.322. The van der Waals surface area contributed by atoms with Gasteiger partial charge >= 0.3 is 0 Å². The zero-order chi connectivity index (χ0) is 12.4. The summed E-state index contributed by atoms with van der Waals surface area (Å²) in [6.45, 7) is 0. The van der Waals surface area contributed by atoms with Crippen molar-refractivity contribution >= 4 is 11.6 Å². The van der Waals surface area contributed by atoms with Crippen molar-refractivity contribution in [3.63, 3.8) is 0 Å². The van der Waals surface area contributed by atoms with E-state index in [-0.39, 0.29) is 0 Å². The first-order valence-corrected chi connectivity index (χ1v) is 6.15. The van der Waals surface area contributed by atoms with Gasteiger partial charge in [0.1, 0.15) is 0 Å². The lowest BCUT2D eigenvalue weighted by Crippen LogP contribution is -1.98. The molecule has 94 valence electrons. The summed E-state index contributed by atoms with van der Waals surface area (Å²) in [7, 11) is 4.89. The fourth-order valence-corrected chi connectivity index (χ4v) is 2.56. The van der Waals surface area contributed by atoms with E-state index in [1.54, 1.807) is 21.3 Å². The Kier molecular flexibility index (Phi) is 3.67. The zero-order valence-corrected chi connectivity index (χ0v) is 11.1. The first-order valence-electron chi connectivity index (χ1n) is 5.61. The van der Waals surface area contributed by atoms with Crippen LogP contribution in [0.1, 0.15) is 17.9 Å². The lowest BCUT2D eigenvalue weighted by Gasteiger charge is -2.15. The molecule has 0 amide bonds. The van der Waals surface area contributed by atoms with Gasteiger partial charge in [0.2, 0.25) is 5.75 Å². The van der Waals surface area contributed by atoms with Gasteiger partial charge in [0, 0.05) is 11.4 Å². The van der Waals surface area contributed by atoms with E-state index < -0.39 is 0 Å². The monoisotopic (exact) mass is 256 g/mol. The number of benzene rings is 1. The van der Waals surface area contributed by atoms with E-state index in [0.29, 0.717) is 29.2 Å². The standard InChI is InChI=1S/C13H17ClO3/c1-15-11-5-4-9(10-6-8(10)7-14)12(16-2)13(11)17-3/h4-5,8,10H,6-7H2,1-3H3. The van der Waals surface area contributed by atoms with Gasteiger partial charge in [-0.1, -0.05) is 6.07 Å². The van der Waals surface area contributed by atoms with Crippen LogP contribution in [0.25, 0.3) is 0 Å². The van der Waals surface area contributed by atoms with Crippen LogP contribution >= 0.6 is 11.6 Å². The molecule has 0 heterocycles. The summed E-state index contributed by atoms with van der Waals surface area (Å²) < 4.78 is 16.1. The van der Waals surface area contributed by atoms with Crippen molar-refractivity contribution in [2.75, 3.05) is 27.2 Å². The minimum atomic E-state index is 0.488. The summed E-state index contributed by atoms with van der Waals surface area (Å²) >= 11 is 5.87. The molecule has 0 aliphatic heterocycles. The second kappa shape index (κ2) is 5.05. The molecule has 1 fully saturated rings. The molecule has 2 rings (SSSR count). The van der Waals surface area contributed by atoms with Gasteiger partial charge < -0.3 is 14.2 Å². The highest BCUT2D eigenvalue weighted by Gasteiger charge is 2.40. The highest BCUT2D eigenvalue weighted by molar-refractivity contribution is 6.18. The predicted molar refractivity (Wildman–Crippen MR) is 67.7 cm³/mol. The molecule has 3 nitrogen and oxygen atoms in total. The van der Waals surface area contributed by atoms with E-state index in [2.05, 4.69) is 0 Å². The molecule has 0 aromatic heterocycles. The molecule has 0 saturated heterocycles. The molecule has 1 aromatic carbocycles. The highest BCUT2D eigenvalue weighted by Crippen LogP contribution is 2.54. The van der Waals surface area contributed by atoms with Crippen LogP contribution in [-0.2, 0) is 0 Å². The minimum Gasteiger partial charge on any atom is -0.493 e. The number of ether oxygens (including phenoxy) is 3. The Labute approximate surface area is 107 Å². The van der Waals surface area contributed by atoms with Crippen molar-refractivity contribution in [2.24, 2.45) is 5.92 Å². The molecule has 0 bridgehead atoms. The van der Waals surface area contributed by atoms with Crippen molar-refractivity contribution in [1.29, 1.82) is 0 Å². The fourth-order valence-electron chi connectivity index (χ4n) is 2.22. The van der Waals surface area contributed by atoms with E-state index in [4.69, 9.17) is 25.8 Å². The van der Waals surface area contributed by atoms with Crippen molar-refractivity contribution in [3.8, 4) is 17.2 Å². The molecule has 0 spiro atoms. The molecule has 4 heteroatoms. The van der Waals surface area contributed by atoms with Gasteiger partial charge in [0.15, 0.2) is 11.5 Å². The predicted octanol–water partition coefficient (Wildman–Crippen LogP) is 3.05. The summed E-state index contributed by atoms with van der Waals surface area (Å²) in [5, 5.41) is 0. The fraction of sp³-hybridized carbons (Fsp3) is 0.538. The van der Waals surface area contributed by atoms with E-state index in [0.717, 1.165) is 17.7 Å². The van der Waals surface area contributed by atoms with E-state index in [9.17, 15) is 0 Å². The smallest absolute Gasteiger partial charge is 0.203 e. The first kappa shape index (κ1) is 12.4. The third kappa shape index (κ3) is 2.16. The summed E-state index contributed by atoms with van der Waals surface area (Å²) in [6.07, 6.45) is 1.12. The second-order valence-electron chi connectivity index (χ2n) is 4.18. The van der Waals surface area contributed by atoms with E-state index >= 15 is 0 Å². The Balaban J connectivity index is 2.40. The molecule has 1 aliphatic rings. The number of hydrogen-bond donors (Lipinski definition) is 0. The molecule has 2 unspecified atom stereocenters. The van der Waals surface area contributed by atoms with Crippen LogP contribution in [0.5, 0.6) is 17.2 Å². The van der Waals surface area contributed by atoms with Gasteiger partial charge in [-0.2, -0.15) is 0 Å². The number of rotatable bonds is 5. The zero-order valence-electron chi connectivity index (χ0n) is 10.3. The average molecular weight is 257 g/mol. The van der Waals surface area contributed by atoms with Crippen LogP contribution in [0.3, 0.4) is 0 Å². The molecular weight excluding hydrogens is 240 g/mol. The van der Waals surface area contributed by atoms with E-state index in [1.807, 2.05) is 12.1 Å². The SMILES string of the molecule is COc1ccc(C2CC2CCl)c(OC)c1OC. The Morgan fingerprint density at radius 2 is 1.82 bits per heavy atom. The molecular formula is C13H17ClO3. The van der Waals surface area contributed by atoms with Gasteiger partial charge in [-0.15, -0.1) is 11.6 Å². The normalized spacial score (nSPS) is 22.1. The number of halogens is 1. The van der Waals surface area contributed by atoms with Gasteiger partial charge in [-0.3, -0.25) is 0 Å². The minimum absolute atomic E-state index is 0.488. The maximum absolute atomic E-state index is 5.87. The molecule has 1 aromatic rings. The first-order chi connectivity index (χ1) is 8.26. The van der Waals surface area contributed by atoms with Gasteiger partial charge in [0.05, 0.1) is 21.3 Å². The van der Waals surface area contributed by atoms with Crippen LogP contribution in [-0.4, -0.2) is 27.2 Å². The summed E-state index contributed by atoms with van der Waals surface area (Å²) in [4.78, 5) is 0. The van der Waals surface area contributed by atoms with Crippen LogP contribution < -0.4 is 14.2 Å². The molecule has 17 heavy (non-hydrogen) atoms. The Hall–Kier alpha value is -1.09. The Bertz CT molecular complexity index is 406. The van der Waals surface area contributed by atoms with Crippen molar-refractivity contribution < 1.29 is 14.2 Å². The summed E-state index contributed by atoms with van der Waals surface area (Å²) in [6, 6.07) is 3.96. The summed E-state index contributed by atoms with van der Waals surface area (Å²) in [5.74, 6) is 3.86. The van der Waals surface area contributed by atoms with Crippen LogP contribution in [0.4, 0.5) is 0 Å². The van der Waals surface area contributed by atoms with Gasteiger partial charge in [-0.05, 0) is 24.3 Å². The van der Waals surface area contributed by atoms with Gasteiger partial charge in [-0.25, -0.2) is 0 Å². The average Bonchev–Trinajstić information content (AvgIpc) is 3.15. The van der Waals surface area contributed by atoms with Crippen molar-refractivity contribution in [3.05, 3.63) is 17.7 Å². The Morgan fingerprint density at radius 3 is 2.29 bits per heavy atom. The summed E-state index contributed by atoms with van der Waals surface area (Å²) in [5.41, 5.74) is 1.16. The quantitative estimate of drug-likeness (QED) is 0.758.